The van der Waals surface area contributed by atoms with Crippen LogP contribution in [0.1, 0.15) is 10.4 Å². The molecule has 146 valence electrons. The maximum absolute atomic E-state index is 12.9. The van der Waals surface area contributed by atoms with E-state index in [9.17, 15) is 24.0 Å². The molecule has 1 fully saturated rings. The van der Waals surface area contributed by atoms with E-state index in [-0.39, 0.29) is 11.0 Å². The SMILES string of the molecule is CN1C(=O)C(C(=O)C(Br)C(Br)c2coc3ccccc3c2=O)C(=O)N(C)C1=O. The molecule has 0 bridgehead atoms. The van der Waals surface area contributed by atoms with Gasteiger partial charge in [-0.05, 0) is 12.1 Å². The molecule has 1 aromatic heterocycles. The van der Waals surface area contributed by atoms with Gasteiger partial charge in [-0.25, -0.2) is 4.79 Å². The van der Waals surface area contributed by atoms with Crippen LogP contribution < -0.4 is 5.43 Å². The van der Waals surface area contributed by atoms with Crippen LogP contribution in [0.2, 0.25) is 0 Å². The molecule has 2 unspecified atom stereocenters. The van der Waals surface area contributed by atoms with Crippen molar-refractivity contribution in [2.75, 3.05) is 14.1 Å². The van der Waals surface area contributed by atoms with E-state index in [1.165, 1.54) is 20.4 Å². The van der Waals surface area contributed by atoms with E-state index in [1.54, 1.807) is 24.3 Å². The van der Waals surface area contributed by atoms with Crippen molar-refractivity contribution in [3.05, 3.63) is 46.3 Å². The zero-order valence-electron chi connectivity index (χ0n) is 14.7. The molecule has 1 saturated heterocycles. The Morgan fingerprint density at radius 3 is 2.21 bits per heavy atom. The van der Waals surface area contributed by atoms with Gasteiger partial charge in [0.2, 0.25) is 0 Å². The van der Waals surface area contributed by atoms with Gasteiger partial charge in [-0.1, -0.05) is 44.0 Å². The summed E-state index contributed by atoms with van der Waals surface area (Å²) in [6.07, 6.45) is 1.23. The van der Waals surface area contributed by atoms with Crippen LogP contribution in [-0.2, 0) is 14.4 Å². The molecule has 2 aromatic rings. The number of hydrogen-bond donors (Lipinski definition) is 0. The van der Waals surface area contributed by atoms with Gasteiger partial charge in [0.05, 0.1) is 26.9 Å². The molecule has 1 aromatic carbocycles. The summed E-state index contributed by atoms with van der Waals surface area (Å²) in [5, 5.41) is 0.339. The van der Waals surface area contributed by atoms with Gasteiger partial charge in [0.15, 0.2) is 17.1 Å². The Kier molecular flexibility index (Phi) is 5.53. The van der Waals surface area contributed by atoms with E-state index >= 15 is 0 Å². The van der Waals surface area contributed by atoms with E-state index in [0.29, 0.717) is 11.0 Å². The van der Waals surface area contributed by atoms with Crippen molar-refractivity contribution in [3.8, 4) is 0 Å². The van der Waals surface area contributed by atoms with Crippen molar-refractivity contribution in [1.29, 1.82) is 0 Å². The van der Waals surface area contributed by atoms with Crippen molar-refractivity contribution in [2.45, 2.75) is 9.65 Å². The number of carbonyl (C=O) groups is 4. The predicted octanol–water partition coefficient (Wildman–Crippen LogP) is 2.23. The molecule has 2 heterocycles. The van der Waals surface area contributed by atoms with E-state index < -0.39 is 39.2 Å². The summed E-state index contributed by atoms with van der Waals surface area (Å²) in [7, 11) is 2.39. The summed E-state index contributed by atoms with van der Waals surface area (Å²) in [6.45, 7) is 0. The summed E-state index contributed by atoms with van der Waals surface area (Å²) in [5.41, 5.74) is 0.210. The molecule has 0 aliphatic carbocycles. The third-order valence-electron chi connectivity index (χ3n) is 4.55. The lowest BCUT2D eigenvalue weighted by atomic mass is 9.94. The second-order valence-electron chi connectivity index (χ2n) is 6.23. The molecular weight excluding hydrogens is 500 g/mol. The zero-order chi connectivity index (χ0) is 20.7. The number of urea groups is 1. The summed E-state index contributed by atoms with van der Waals surface area (Å²) < 4.78 is 5.45. The summed E-state index contributed by atoms with van der Waals surface area (Å²) in [6, 6.07) is 5.84. The molecule has 1 aliphatic heterocycles. The lowest BCUT2D eigenvalue weighted by Crippen LogP contribution is -2.60. The molecule has 2 atom stereocenters. The molecule has 4 amide bonds. The van der Waals surface area contributed by atoms with Gasteiger partial charge in [0, 0.05) is 14.1 Å². The lowest BCUT2D eigenvalue weighted by Gasteiger charge is -2.33. The number of barbiturate groups is 1. The van der Waals surface area contributed by atoms with Gasteiger partial charge in [-0.15, -0.1) is 0 Å². The average Bonchev–Trinajstić information content (AvgIpc) is 2.70. The quantitative estimate of drug-likeness (QED) is 0.458. The van der Waals surface area contributed by atoms with Gasteiger partial charge in [0.25, 0.3) is 11.8 Å². The number of alkyl halides is 2. The largest absolute Gasteiger partial charge is 0.464 e. The molecule has 0 spiro atoms. The first-order chi connectivity index (χ1) is 13.2. The number of ketones is 1. The van der Waals surface area contributed by atoms with Crippen LogP contribution >= 0.6 is 31.9 Å². The molecule has 0 radical (unpaired) electrons. The summed E-state index contributed by atoms with van der Waals surface area (Å²) in [4.78, 5) is 61.7. The van der Waals surface area contributed by atoms with Crippen molar-refractivity contribution >= 4 is 66.5 Å². The Labute approximate surface area is 175 Å². The monoisotopic (exact) mass is 512 g/mol. The maximum atomic E-state index is 12.9. The van der Waals surface area contributed by atoms with E-state index in [2.05, 4.69) is 31.9 Å². The fourth-order valence-electron chi connectivity index (χ4n) is 2.89. The second kappa shape index (κ2) is 7.59. The lowest BCUT2D eigenvalue weighted by molar-refractivity contribution is -0.151. The number of para-hydroxylation sites is 1. The van der Waals surface area contributed by atoms with Gasteiger partial charge in [-0.2, -0.15) is 0 Å². The summed E-state index contributed by atoms with van der Waals surface area (Å²) in [5.74, 6) is -4.26. The number of nitrogens with zero attached hydrogens (tertiary/aromatic N) is 2. The molecule has 3 rings (SSSR count). The number of hydrogen-bond acceptors (Lipinski definition) is 6. The van der Waals surface area contributed by atoms with Crippen LogP contribution in [0.25, 0.3) is 11.0 Å². The second-order valence-corrected chi connectivity index (χ2v) is 8.21. The van der Waals surface area contributed by atoms with Crippen LogP contribution in [-0.4, -0.2) is 52.4 Å². The van der Waals surface area contributed by atoms with Crippen molar-refractivity contribution in [1.82, 2.24) is 9.80 Å². The van der Waals surface area contributed by atoms with Gasteiger partial charge in [0.1, 0.15) is 5.58 Å². The van der Waals surface area contributed by atoms with Gasteiger partial charge < -0.3 is 4.42 Å². The van der Waals surface area contributed by atoms with Crippen molar-refractivity contribution in [2.24, 2.45) is 5.92 Å². The predicted molar refractivity (Wildman–Crippen MR) is 106 cm³/mol. The number of fused-ring (bicyclic) bond motifs is 1. The van der Waals surface area contributed by atoms with Crippen molar-refractivity contribution < 1.29 is 23.6 Å². The fourth-order valence-corrected chi connectivity index (χ4v) is 4.02. The highest BCUT2D eigenvalue weighted by molar-refractivity contribution is 9.12. The van der Waals surface area contributed by atoms with E-state index in [4.69, 9.17) is 4.42 Å². The number of halogens is 2. The average molecular weight is 514 g/mol. The first-order valence-corrected chi connectivity index (χ1v) is 9.91. The number of carbonyl (C=O) groups excluding carboxylic acids is 4. The van der Waals surface area contributed by atoms with Crippen molar-refractivity contribution in [3.63, 3.8) is 0 Å². The Hall–Kier alpha value is -2.33. The van der Waals surface area contributed by atoms with Crippen LogP contribution in [0.15, 0.2) is 39.7 Å². The number of rotatable bonds is 4. The third kappa shape index (κ3) is 3.20. The van der Waals surface area contributed by atoms with Crippen LogP contribution in [0.4, 0.5) is 4.79 Å². The van der Waals surface area contributed by atoms with Gasteiger partial charge >= 0.3 is 6.03 Å². The topological polar surface area (TPSA) is 105 Å². The summed E-state index contributed by atoms with van der Waals surface area (Å²) >= 11 is 6.48. The van der Waals surface area contributed by atoms with E-state index in [0.717, 1.165) is 9.80 Å². The van der Waals surface area contributed by atoms with Gasteiger partial charge in [-0.3, -0.25) is 29.0 Å². The normalized spacial score (nSPS) is 17.9. The van der Waals surface area contributed by atoms with Crippen LogP contribution in [0.5, 0.6) is 0 Å². The van der Waals surface area contributed by atoms with Crippen LogP contribution in [0, 0.1) is 5.92 Å². The van der Waals surface area contributed by atoms with Crippen LogP contribution in [0.3, 0.4) is 0 Å². The Morgan fingerprint density at radius 1 is 1.04 bits per heavy atom. The Balaban J connectivity index is 1.94. The third-order valence-corrected chi connectivity index (χ3v) is 7.26. The molecule has 10 heteroatoms. The molecule has 1 aliphatic rings. The first-order valence-electron chi connectivity index (χ1n) is 8.08. The minimum absolute atomic E-state index is 0.155. The molecule has 8 nitrogen and oxygen atoms in total. The molecular formula is C18H14Br2N2O6. The highest BCUT2D eigenvalue weighted by atomic mass is 79.9. The Bertz CT molecular complexity index is 1040. The number of amides is 4. The minimum atomic E-state index is -1.68. The highest BCUT2D eigenvalue weighted by Crippen LogP contribution is 2.33. The fraction of sp³-hybridized carbons (Fsp3) is 0.278. The smallest absolute Gasteiger partial charge is 0.332 e. The minimum Gasteiger partial charge on any atom is -0.464 e. The Morgan fingerprint density at radius 2 is 1.61 bits per heavy atom. The number of Topliss-reactive ketones (excluding diaryl/α,β-unsaturated/α-hetero) is 1. The maximum Gasteiger partial charge on any atom is 0.332 e. The number of benzene rings is 1. The molecule has 0 saturated carbocycles. The first kappa shape index (κ1) is 20.4. The highest BCUT2D eigenvalue weighted by Gasteiger charge is 2.49. The number of imide groups is 2. The van der Waals surface area contributed by atoms with E-state index in [1.807, 2.05) is 0 Å². The molecule has 0 N–H and O–H groups in total. The zero-order valence-corrected chi connectivity index (χ0v) is 17.9. The standard InChI is InChI=1S/C18H14Br2N2O6/c1-21-16(25)11(17(26)22(2)18(21)27)15(24)13(20)12(19)9-7-28-10-6-4-3-5-8(10)14(9)23/h3-7,11-13H,1-2H3. The molecule has 28 heavy (non-hydrogen) atoms.